The Bertz CT molecular complexity index is 1040. The lowest BCUT2D eigenvalue weighted by Crippen LogP contribution is -2.32. The first-order valence-corrected chi connectivity index (χ1v) is 9.45. The van der Waals surface area contributed by atoms with Crippen molar-refractivity contribution in [3.8, 4) is 22.8 Å². The Morgan fingerprint density at radius 1 is 1.13 bits per heavy atom. The van der Waals surface area contributed by atoms with Gasteiger partial charge in [-0.2, -0.15) is 0 Å². The molecule has 1 heterocycles. The molecule has 1 atom stereocenters. The van der Waals surface area contributed by atoms with Crippen molar-refractivity contribution in [1.29, 1.82) is 0 Å². The summed E-state index contributed by atoms with van der Waals surface area (Å²) in [6, 6.07) is 9.20. The standard InChI is InChI=1S/C22H23FN4O4/c1-30-19-8-15(16(23)9-20(19)31-2)10-26-21-12-25-18(11-27-21)14-5-3-13(4-6-14)7-17(24)22(28)29/h3-6,8-9,11-12,17H,7,10,24H2,1-2H3,(H,26,27)(H,28,29)/t17-/m0/s1. The molecule has 9 heteroatoms. The van der Waals surface area contributed by atoms with Gasteiger partial charge in [-0.25, -0.2) is 9.37 Å². The molecule has 1 aromatic heterocycles. The Morgan fingerprint density at radius 2 is 1.81 bits per heavy atom. The monoisotopic (exact) mass is 426 g/mol. The van der Waals surface area contributed by atoms with Gasteiger partial charge in [-0.05, 0) is 18.1 Å². The van der Waals surface area contributed by atoms with E-state index in [9.17, 15) is 9.18 Å². The average molecular weight is 426 g/mol. The van der Waals surface area contributed by atoms with E-state index in [2.05, 4.69) is 15.3 Å². The Kier molecular flexibility index (Phi) is 6.99. The molecule has 0 aliphatic carbocycles. The first-order chi connectivity index (χ1) is 14.9. The molecule has 0 saturated carbocycles. The van der Waals surface area contributed by atoms with Crippen LogP contribution in [0.4, 0.5) is 10.2 Å². The molecule has 0 radical (unpaired) electrons. The summed E-state index contributed by atoms with van der Waals surface area (Å²) in [4.78, 5) is 19.6. The summed E-state index contributed by atoms with van der Waals surface area (Å²) in [5.74, 6) is -0.204. The second-order valence-electron chi connectivity index (χ2n) is 6.78. The fraction of sp³-hybridized carbons (Fsp3) is 0.227. The van der Waals surface area contributed by atoms with Crippen molar-refractivity contribution in [2.24, 2.45) is 5.73 Å². The third-order valence-electron chi connectivity index (χ3n) is 4.69. The molecule has 3 aromatic rings. The van der Waals surface area contributed by atoms with Gasteiger partial charge in [0.1, 0.15) is 17.7 Å². The molecule has 0 saturated heterocycles. The number of aromatic nitrogens is 2. The number of hydrogen-bond donors (Lipinski definition) is 3. The van der Waals surface area contributed by atoms with Gasteiger partial charge in [0, 0.05) is 23.7 Å². The number of carboxylic acid groups (broad SMARTS) is 1. The Balaban J connectivity index is 1.65. The molecule has 0 spiro atoms. The number of methoxy groups -OCH3 is 2. The summed E-state index contributed by atoms with van der Waals surface area (Å²) in [6.45, 7) is 0.193. The van der Waals surface area contributed by atoms with Crippen molar-refractivity contribution in [2.45, 2.75) is 19.0 Å². The van der Waals surface area contributed by atoms with Gasteiger partial charge in [0.05, 0.1) is 32.3 Å². The highest BCUT2D eigenvalue weighted by Crippen LogP contribution is 2.30. The van der Waals surface area contributed by atoms with Crippen LogP contribution < -0.4 is 20.5 Å². The molecule has 162 valence electrons. The smallest absolute Gasteiger partial charge is 0.320 e. The summed E-state index contributed by atoms with van der Waals surface area (Å²) in [7, 11) is 2.94. The minimum atomic E-state index is -1.04. The van der Waals surface area contributed by atoms with E-state index < -0.39 is 17.8 Å². The number of aliphatic carboxylic acids is 1. The molecule has 0 aliphatic rings. The van der Waals surface area contributed by atoms with E-state index in [0.717, 1.165) is 11.1 Å². The molecule has 0 unspecified atom stereocenters. The van der Waals surface area contributed by atoms with Crippen LogP contribution in [0.5, 0.6) is 11.5 Å². The maximum Gasteiger partial charge on any atom is 0.320 e. The Labute approximate surface area is 178 Å². The number of benzene rings is 2. The van der Waals surface area contributed by atoms with Crippen molar-refractivity contribution in [1.82, 2.24) is 9.97 Å². The largest absolute Gasteiger partial charge is 0.493 e. The topological polar surface area (TPSA) is 120 Å². The number of anilines is 1. The second-order valence-corrected chi connectivity index (χ2v) is 6.78. The first-order valence-electron chi connectivity index (χ1n) is 9.45. The van der Waals surface area contributed by atoms with E-state index in [4.69, 9.17) is 20.3 Å². The zero-order valence-corrected chi connectivity index (χ0v) is 17.1. The third-order valence-corrected chi connectivity index (χ3v) is 4.69. The maximum absolute atomic E-state index is 14.2. The molecule has 8 nitrogen and oxygen atoms in total. The minimum Gasteiger partial charge on any atom is -0.493 e. The van der Waals surface area contributed by atoms with Crippen molar-refractivity contribution < 1.29 is 23.8 Å². The van der Waals surface area contributed by atoms with Crippen LogP contribution >= 0.6 is 0 Å². The first kappa shape index (κ1) is 22.0. The quantitative estimate of drug-likeness (QED) is 0.478. The zero-order valence-electron chi connectivity index (χ0n) is 17.1. The van der Waals surface area contributed by atoms with Gasteiger partial charge in [-0.3, -0.25) is 9.78 Å². The van der Waals surface area contributed by atoms with E-state index in [1.807, 2.05) is 24.3 Å². The van der Waals surface area contributed by atoms with Crippen molar-refractivity contribution >= 4 is 11.8 Å². The molecule has 0 amide bonds. The van der Waals surface area contributed by atoms with Crippen LogP contribution in [-0.2, 0) is 17.8 Å². The van der Waals surface area contributed by atoms with Gasteiger partial charge in [0.15, 0.2) is 11.5 Å². The summed E-state index contributed by atoms with van der Waals surface area (Å²) in [6.07, 6.45) is 3.41. The lowest BCUT2D eigenvalue weighted by atomic mass is 10.0. The SMILES string of the molecule is COc1cc(F)c(CNc2cnc(-c3ccc(C[C@H](N)C(=O)O)cc3)cn2)cc1OC. The Morgan fingerprint density at radius 3 is 2.39 bits per heavy atom. The number of rotatable bonds is 9. The van der Waals surface area contributed by atoms with Crippen molar-refractivity contribution in [3.63, 3.8) is 0 Å². The van der Waals surface area contributed by atoms with Crippen molar-refractivity contribution in [3.05, 3.63) is 65.7 Å². The molecular formula is C22H23FN4O4. The maximum atomic E-state index is 14.2. The van der Waals surface area contributed by atoms with Gasteiger partial charge in [-0.1, -0.05) is 24.3 Å². The Hall–Kier alpha value is -3.72. The van der Waals surface area contributed by atoms with E-state index in [-0.39, 0.29) is 13.0 Å². The number of halogens is 1. The summed E-state index contributed by atoms with van der Waals surface area (Å²) < 4.78 is 24.5. The zero-order chi connectivity index (χ0) is 22.4. The van der Waals surface area contributed by atoms with E-state index in [1.165, 1.54) is 20.3 Å². The molecule has 0 bridgehead atoms. The predicted octanol–water partition coefficient (Wildman–Crippen LogP) is 2.87. The third kappa shape index (κ3) is 5.46. The highest BCUT2D eigenvalue weighted by molar-refractivity contribution is 5.73. The molecule has 3 rings (SSSR count). The molecule has 2 aromatic carbocycles. The molecule has 31 heavy (non-hydrogen) atoms. The summed E-state index contributed by atoms with van der Waals surface area (Å²) in [5.41, 5.74) is 8.26. The van der Waals surface area contributed by atoms with Gasteiger partial charge >= 0.3 is 5.97 Å². The van der Waals surface area contributed by atoms with Gasteiger partial charge in [0.25, 0.3) is 0 Å². The van der Waals surface area contributed by atoms with Gasteiger partial charge in [-0.15, -0.1) is 0 Å². The molecule has 0 aliphatic heterocycles. The van der Waals surface area contributed by atoms with Crippen LogP contribution in [0.2, 0.25) is 0 Å². The van der Waals surface area contributed by atoms with Gasteiger partial charge in [0.2, 0.25) is 0 Å². The minimum absolute atomic E-state index is 0.193. The lowest BCUT2D eigenvalue weighted by Gasteiger charge is -2.12. The van der Waals surface area contributed by atoms with Gasteiger partial charge < -0.3 is 25.6 Å². The molecule has 4 N–H and O–H groups in total. The number of carboxylic acids is 1. The van der Waals surface area contributed by atoms with Crippen LogP contribution in [-0.4, -0.2) is 41.3 Å². The second kappa shape index (κ2) is 9.86. The molecule has 0 fully saturated rings. The number of ether oxygens (including phenoxy) is 2. The summed E-state index contributed by atoms with van der Waals surface area (Å²) >= 11 is 0. The lowest BCUT2D eigenvalue weighted by molar-refractivity contribution is -0.138. The normalized spacial score (nSPS) is 11.6. The van der Waals surface area contributed by atoms with Crippen LogP contribution in [0.25, 0.3) is 11.3 Å². The average Bonchev–Trinajstić information content (AvgIpc) is 2.78. The van der Waals surface area contributed by atoms with Crippen LogP contribution in [0.1, 0.15) is 11.1 Å². The fourth-order valence-electron chi connectivity index (χ4n) is 2.94. The van der Waals surface area contributed by atoms with Crippen LogP contribution in [0.3, 0.4) is 0 Å². The van der Waals surface area contributed by atoms with Crippen molar-refractivity contribution in [2.75, 3.05) is 19.5 Å². The van der Waals surface area contributed by atoms with E-state index >= 15 is 0 Å². The number of carbonyl (C=O) groups is 1. The van der Waals surface area contributed by atoms with Crippen LogP contribution in [0.15, 0.2) is 48.8 Å². The van der Waals surface area contributed by atoms with E-state index in [0.29, 0.717) is 28.6 Å². The highest BCUT2D eigenvalue weighted by atomic mass is 19.1. The summed E-state index contributed by atoms with van der Waals surface area (Å²) in [5, 5.41) is 11.9. The number of nitrogens with zero attached hydrogens (tertiary/aromatic N) is 2. The van der Waals surface area contributed by atoms with E-state index in [1.54, 1.807) is 18.5 Å². The number of nitrogens with two attached hydrogens (primary N) is 1. The van der Waals surface area contributed by atoms with Crippen LogP contribution in [0, 0.1) is 5.82 Å². The molecular weight excluding hydrogens is 403 g/mol. The fourth-order valence-corrected chi connectivity index (χ4v) is 2.94. The number of nitrogens with one attached hydrogen (secondary N) is 1. The highest BCUT2D eigenvalue weighted by Gasteiger charge is 2.13. The number of hydrogen-bond acceptors (Lipinski definition) is 7. The predicted molar refractivity (Wildman–Crippen MR) is 114 cm³/mol.